The van der Waals surface area contributed by atoms with E-state index in [2.05, 4.69) is 9.97 Å². The lowest BCUT2D eigenvalue weighted by Gasteiger charge is -2.31. The van der Waals surface area contributed by atoms with Gasteiger partial charge in [-0.25, -0.2) is 14.4 Å². The van der Waals surface area contributed by atoms with E-state index < -0.39 is 42.6 Å². The van der Waals surface area contributed by atoms with Crippen molar-refractivity contribution in [2.24, 2.45) is 5.92 Å². The maximum atomic E-state index is 13.8. The average Bonchev–Trinajstić information content (AvgIpc) is 2.71. The Bertz CT molecular complexity index is 1010. The van der Waals surface area contributed by atoms with Crippen LogP contribution in [-0.2, 0) is 10.4 Å². The molecule has 0 aliphatic carbocycles. The molecule has 1 atom stereocenters. The Hall–Kier alpha value is -2.88. The Morgan fingerprint density at radius 1 is 1.22 bits per heavy atom. The van der Waals surface area contributed by atoms with Crippen LogP contribution in [0.3, 0.4) is 0 Å². The van der Waals surface area contributed by atoms with Crippen LogP contribution in [0, 0.1) is 12.8 Å². The summed E-state index contributed by atoms with van der Waals surface area (Å²) >= 11 is 0. The SMILES string of the molecule is Cc1ccc(C(O)(CCC(=O)CF)C(F)(F)F)cc1-c1cnc(N)c(C(=O)CC(C)C)n1. The van der Waals surface area contributed by atoms with E-state index in [0.29, 0.717) is 5.56 Å². The lowest BCUT2D eigenvalue weighted by Crippen LogP contribution is -2.42. The molecule has 32 heavy (non-hydrogen) atoms. The van der Waals surface area contributed by atoms with Gasteiger partial charge < -0.3 is 10.8 Å². The highest BCUT2D eigenvalue weighted by atomic mass is 19.4. The van der Waals surface area contributed by atoms with Crippen LogP contribution in [-0.4, -0.2) is 39.5 Å². The van der Waals surface area contributed by atoms with Crippen molar-refractivity contribution in [3.63, 3.8) is 0 Å². The van der Waals surface area contributed by atoms with Gasteiger partial charge in [-0.1, -0.05) is 26.0 Å². The fourth-order valence-electron chi connectivity index (χ4n) is 3.19. The zero-order chi connectivity index (χ0) is 24.3. The summed E-state index contributed by atoms with van der Waals surface area (Å²) in [7, 11) is 0. The molecule has 0 spiro atoms. The zero-order valence-corrected chi connectivity index (χ0v) is 18.0. The fraction of sp³-hybridized carbons (Fsp3) is 0.455. The molecule has 0 aliphatic heterocycles. The van der Waals surface area contributed by atoms with Gasteiger partial charge in [0.25, 0.3) is 0 Å². The normalized spacial score (nSPS) is 13.8. The Kier molecular flexibility index (Phi) is 7.71. The van der Waals surface area contributed by atoms with E-state index in [9.17, 15) is 32.3 Å². The number of rotatable bonds is 9. The average molecular weight is 455 g/mol. The molecule has 2 aromatic rings. The summed E-state index contributed by atoms with van der Waals surface area (Å²) in [4.78, 5) is 31.9. The molecule has 0 amide bonds. The van der Waals surface area contributed by atoms with Gasteiger partial charge in [0, 0.05) is 18.4 Å². The number of benzene rings is 1. The Morgan fingerprint density at radius 3 is 2.44 bits per heavy atom. The summed E-state index contributed by atoms with van der Waals surface area (Å²) in [5.74, 6) is -1.45. The van der Waals surface area contributed by atoms with E-state index in [1.54, 1.807) is 6.92 Å². The molecular formula is C22H25F4N3O3. The van der Waals surface area contributed by atoms with Crippen molar-refractivity contribution in [3.05, 3.63) is 41.2 Å². The lowest BCUT2D eigenvalue weighted by molar-refractivity contribution is -0.269. The van der Waals surface area contributed by atoms with Crippen LogP contribution in [0.4, 0.5) is 23.4 Å². The highest BCUT2D eigenvalue weighted by Gasteiger charge is 2.54. The Labute approximate surface area is 182 Å². The summed E-state index contributed by atoms with van der Waals surface area (Å²) in [6.45, 7) is 3.88. The summed E-state index contributed by atoms with van der Waals surface area (Å²) in [5.41, 5.74) is 2.60. The van der Waals surface area contributed by atoms with Crippen LogP contribution in [0.25, 0.3) is 11.3 Å². The topological polar surface area (TPSA) is 106 Å². The number of aliphatic hydroxyl groups is 1. The molecule has 1 heterocycles. The summed E-state index contributed by atoms with van der Waals surface area (Å²) in [5, 5.41) is 10.5. The van der Waals surface area contributed by atoms with Gasteiger partial charge >= 0.3 is 6.18 Å². The Morgan fingerprint density at radius 2 is 1.88 bits per heavy atom. The number of aromatic nitrogens is 2. The number of ketones is 2. The van der Waals surface area contributed by atoms with Crippen molar-refractivity contribution in [1.29, 1.82) is 0 Å². The first kappa shape index (κ1) is 25.4. The molecule has 1 aromatic heterocycles. The van der Waals surface area contributed by atoms with Crippen LogP contribution in [0.15, 0.2) is 24.4 Å². The van der Waals surface area contributed by atoms with Gasteiger partial charge in [0.1, 0.15) is 12.4 Å². The van der Waals surface area contributed by atoms with E-state index in [-0.39, 0.29) is 40.9 Å². The third-order valence-electron chi connectivity index (χ3n) is 5.03. The minimum absolute atomic E-state index is 0.0336. The standard InChI is InChI=1S/C22H25F4N3O3/c1-12(2)8-18(31)19-20(27)28-11-17(29-19)16-9-14(5-4-13(16)3)21(32,22(24,25)26)7-6-15(30)10-23/h4-5,9,11-12,32H,6-8,10H2,1-3H3,(H2,27,28). The third-order valence-corrected chi connectivity index (χ3v) is 5.03. The quantitative estimate of drug-likeness (QED) is 0.431. The highest BCUT2D eigenvalue weighted by Crippen LogP contribution is 2.43. The van der Waals surface area contributed by atoms with Crippen LogP contribution in [0.5, 0.6) is 0 Å². The predicted molar refractivity (Wildman–Crippen MR) is 111 cm³/mol. The Balaban J connectivity index is 2.57. The van der Waals surface area contributed by atoms with E-state index in [1.165, 1.54) is 12.3 Å². The number of halogens is 4. The second-order valence-electron chi connectivity index (χ2n) is 8.07. The van der Waals surface area contributed by atoms with Crippen LogP contribution in [0.1, 0.15) is 54.7 Å². The maximum absolute atomic E-state index is 13.8. The molecule has 1 aromatic carbocycles. The molecule has 2 rings (SSSR count). The minimum atomic E-state index is -5.12. The predicted octanol–water partition coefficient (Wildman–Crippen LogP) is 4.33. The second kappa shape index (κ2) is 9.72. The molecule has 6 nitrogen and oxygen atoms in total. The monoisotopic (exact) mass is 455 g/mol. The molecule has 1 unspecified atom stereocenters. The number of Topliss-reactive ketones (excluding diaryl/α,β-unsaturated/α-hetero) is 2. The van der Waals surface area contributed by atoms with Gasteiger partial charge in [0.05, 0.1) is 11.9 Å². The van der Waals surface area contributed by atoms with Gasteiger partial charge in [0.2, 0.25) is 0 Å². The molecule has 0 aliphatic rings. The van der Waals surface area contributed by atoms with Crippen molar-refractivity contribution in [2.75, 3.05) is 12.4 Å². The number of anilines is 1. The number of carbonyl (C=O) groups is 2. The highest BCUT2D eigenvalue weighted by molar-refractivity contribution is 5.98. The van der Waals surface area contributed by atoms with E-state index in [4.69, 9.17) is 5.73 Å². The second-order valence-corrected chi connectivity index (χ2v) is 8.07. The molecule has 0 radical (unpaired) electrons. The van der Waals surface area contributed by atoms with E-state index >= 15 is 0 Å². The van der Waals surface area contributed by atoms with E-state index in [1.807, 2.05) is 13.8 Å². The number of carbonyl (C=O) groups excluding carboxylic acids is 2. The first-order valence-corrected chi connectivity index (χ1v) is 9.94. The number of nitrogens with zero attached hydrogens (tertiary/aromatic N) is 2. The van der Waals surface area contributed by atoms with E-state index in [0.717, 1.165) is 12.1 Å². The third kappa shape index (κ3) is 5.48. The van der Waals surface area contributed by atoms with Crippen molar-refractivity contribution in [2.45, 2.75) is 51.8 Å². The number of alkyl halides is 4. The fourth-order valence-corrected chi connectivity index (χ4v) is 3.19. The smallest absolute Gasteiger partial charge is 0.382 e. The van der Waals surface area contributed by atoms with Crippen molar-refractivity contribution >= 4 is 17.4 Å². The van der Waals surface area contributed by atoms with Gasteiger partial charge in [-0.05, 0) is 36.5 Å². The van der Waals surface area contributed by atoms with Crippen molar-refractivity contribution in [1.82, 2.24) is 9.97 Å². The number of nitrogens with two attached hydrogens (primary N) is 1. The summed E-state index contributed by atoms with van der Waals surface area (Å²) in [6, 6.07) is 3.52. The van der Waals surface area contributed by atoms with Crippen LogP contribution >= 0.6 is 0 Å². The van der Waals surface area contributed by atoms with Gasteiger partial charge in [-0.2, -0.15) is 13.2 Å². The molecule has 0 fully saturated rings. The van der Waals surface area contributed by atoms with Gasteiger partial charge in [0.15, 0.2) is 23.0 Å². The molecule has 0 bridgehead atoms. The molecule has 174 valence electrons. The van der Waals surface area contributed by atoms with Crippen molar-refractivity contribution < 1.29 is 32.3 Å². The summed E-state index contributed by atoms with van der Waals surface area (Å²) in [6.07, 6.45) is -5.55. The number of nitrogen functional groups attached to an aromatic ring is 1. The first-order valence-electron chi connectivity index (χ1n) is 9.94. The number of hydrogen-bond acceptors (Lipinski definition) is 6. The molecule has 0 saturated heterocycles. The van der Waals surface area contributed by atoms with Crippen molar-refractivity contribution in [3.8, 4) is 11.3 Å². The molecule has 10 heteroatoms. The number of hydrogen-bond donors (Lipinski definition) is 2. The summed E-state index contributed by atoms with van der Waals surface area (Å²) < 4.78 is 53.8. The molecular weight excluding hydrogens is 430 g/mol. The lowest BCUT2D eigenvalue weighted by atomic mass is 9.85. The van der Waals surface area contributed by atoms with Crippen LogP contribution in [0.2, 0.25) is 0 Å². The van der Waals surface area contributed by atoms with Gasteiger partial charge in [-0.15, -0.1) is 0 Å². The largest absolute Gasteiger partial charge is 0.421 e. The van der Waals surface area contributed by atoms with Gasteiger partial charge in [-0.3, -0.25) is 9.59 Å². The first-order chi connectivity index (χ1) is 14.8. The maximum Gasteiger partial charge on any atom is 0.421 e. The number of aryl methyl sites for hydroxylation is 1. The molecule has 0 saturated carbocycles. The van der Waals surface area contributed by atoms with Crippen LogP contribution < -0.4 is 5.73 Å². The zero-order valence-electron chi connectivity index (χ0n) is 18.0. The molecule has 3 N–H and O–H groups in total. The minimum Gasteiger partial charge on any atom is -0.382 e.